The molecule has 2 aromatic rings. The molecule has 0 amide bonds. The second-order valence-electron chi connectivity index (χ2n) is 6.40. The predicted octanol–water partition coefficient (Wildman–Crippen LogP) is 1.97. The summed E-state index contributed by atoms with van der Waals surface area (Å²) in [7, 11) is 0. The third-order valence-electron chi connectivity index (χ3n) is 4.56. The first-order chi connectivity index (χ1) is 12.3. The highest BCUT2D eigenvalue weighted by Crippen LogP contribution is 2.00. The molecule has 0 saturated carbocycles. The van der Waals surface area contributed by atoms with Gasteiger partial charge in [0.25, 0.3) is 0 Å². The number of benzene rings is 2. The number of rotatable bonds is 5. The van der Waals surface area contributed by atoms with Gasteiger partial charge in [-0.05, 0) is 29.4 Å². The van der Waals surface area contributed by atoms with E-state index in [9.17, 15) is 0 Å². The molecule has 0 aliphatic carbocycles. The van der Waals surface area contributed by atoms with Crippen LogP contribution in [0, 0.1) is 0 Å². The molecule has 1 fully saturated rings. The highest BCUT2D eigenvalue weighted by Gasteiger charge is 2.20. The lowest BCUT2D eigenvalue weighted by molar-refractivity contribution is -0.897. The van der Waals surface area contributed by atoms with E-state index in [0.717, 1.165) is 44.4 Å². The standard InChI is InChI=1S/C21H25N3S/c25-21(22-18-20-10-5-2-6-11-20)24-16-14-23(15-17-24)13-7-12-19-8-3-1-4-9-19/h1-12H,13-18H2,(H,22,25)/p+1/b12-7+. The minimum absolute atomic E-state index is 0.798. The molecule has 0 bridgehead atoms. The number of hydrogen-bond acceptors (Lipinski definition) is 1. The van der Waals surface area contributed by atoms with Gasteiger partial charge in [0, 0.05) is 6.54 Å². The molecule has 25 heavy (non-hydrogen) atoms. The van der Waals surface area contributed by atoms with Gasteiger partial charge in [-0.1, -0.05) is 66.7 Å². The van der Waals surface area contributed by atoms with E-state index in [-0.39, 0.29) is 0 Å². The van der Waals surface area contributed by atoms with Crippen LogP contribution >= 0.6 is 12.2 Å². The van der Waals surface area contributed by atoms with E-state index in [0.29, 0.717) is 0 Å². The van der Waals surface area contributed by atoms with Gasteiger partial charge < -0.3 is 15.1 Å². The number of thiocarbonyl (C=S) groups is 1. The van der Waals surface area contributed by atoms with E-state index in [2.05, 4.69) is 77.0 Å². The van der Waals surface area contributed by atoms with Crippen LogP contribution in [0.15, 0.2) is 66.7 Å². The first kappa shape index (κ1) is 17.6. The van der Waals surface area contributed by atoms with Gasteiger partial charge in [0.1, 0.15) is 0 Å². The Labute approximate surface area is 156 Å². The molecule has 1 heterocycles. The molecule has 2 N–H and O–H groups in total. The molecule has 130 valence electrons. The van der Waals surface area contributed by atoms with Crippen molar-refractivity contribution in [2.45, 2.75) is 6.54 Å². The summed E-state index contributed by atoms with van der Waals surface area (Å²) in [4.78, 5) is 3.91. The van der Waals surface area contributed by atoms with Gasteiger partial charge in [-0.3, -0.25) is 0 Å². The summed E-state index contributed by atoms with van der Waals surface area (Å²) in [5.41, 5.74) is 2.53. The van der Waals surface area contributed by atoms with E-state index in [1.54, 1.807) is 4.90 Å². The smallest absolute Gasteiger partial charge is 0.169 e. The fraction of sp³-hybridized carbons (Fsp3) is 0.286. The lowest BCUT2D eigenvalue weighted by Gasteiger charge is -2.33. The SMILES string of the molecule is S=C(NCc1ccccc1)N1CC[NH+](C/C=C/c2ccccc2)CC1. The summed E-state index contributed by atoms with van der Waals surface area (Å²) < 4.78 is 0. The summed E-state index contributed by atoms with van der Waals surface area (Å²) in [6.45, 7) is 6.18. The minimum Gasteiger partial charge on any atom is -0.358 e. The van der Waals surface area contributed by atoms with Crippen LogP contribution in [0.4, 0.5) is 0 Å². The zero-order valence-corrected chi connectivity index (χ0v) is 15.3. The number of hydrogen-bond donors (Lipinski definition) is 2. The van der Waals surface area contributed by atoms with Crippen molar-refractivity contribution < 1.29 is 4.90 Å². The van der Waals surface area contributed by atoms with Crippen molar-refractivity contribution in [3.8, 4) is 0 Å². The molecule has 0 aromatic heterocycles. The minimum atomic E-state index is 0.798. The Morgan fingerprint density at radius 2 is 1.64 bits per heavy atom. The Kier molecular flexibility index (Phi) is 6.60. The maximum absolute atomic E-state index is 5.55. The molecule has 1 aliphatic rings. The Morgan fingerprint density at radius 1 is 1.00 bits per heavy atom. The molecule has 0 unspecified atom stereocenters. The Bertz CT molecular complexity index is 677. The van der Waals surface area contributed by atoms with Crippen molar-refractivity contribution in [2.24, 2.45) is 0 Å². The van der Waals surface area contributed by atoms with E-state index >= 15 is 0 Å². The van der Waals surface area contributed by atoms with Crippen LogP contribution in [0.25, 0.3) is 6.08 Å². The normalized spacial score (nSPS) is 15.4. The number of piperazine rings is 1. The molecule has 1 saturated heterocycles. The molecule has 0 spiro atoms. The van der Waals surface area contributed by atoms with Gasteiger partial charge in [-0.25, -0.2) is 0 Å². The van der Waals surface area contributed by atoms with E-state index in [1.807, 2.05) is 6.07 Å². The van der Waals surface area contributed by atoms with Crippen molar-refractivity contribution in [3.05, 3.63) is 77.9 Å². The molecular weight excluding hydrogens is 326 g/mol. The monoisotopic (exact) mass is 352 g/mol. The van der Waals surface area contributed by atoms with Crippen LogP contribution in [-0.2, 0) is 6.54 Å². The van der Waals surface area contributed by atoms with Crippen LogP contribution in [-0.4, -0.2) is 42.7 Å². The van der Waals surface area contributed by atoms with E-state index in [1.165, 1.54) is 11.1 Å². The van der Waals surface area contributed by atoms with Crippen molar-refractivity contribution >= 4 is 23.4 Å². The summed E-state index contributed by atoms with van der Waals surface area (Å²) in [6.07, 6.45) is 4.50. The molecule has 3 nitrogen and oxygen atoms in total. The van der Waals surface area contributed by atoms with Crippen molar-refractivity contribution in [1.82, 2.24) is 10.2 Å². The number of quaternary nitrogens is 1. The van der Waals surface area contributed by atoms with Crippen LogP contribution < -0.4 is 10.2 Å². The van der Waals surface area contributed by atoms with Crippen LogP contribution in [0.2, 0.25) is 0 Å². The van der Waals surface area contributed by atoms with Crippen LogP contribution in [0.1, 0.15) is 11.1 Å². The molecular formula is C21H26N3S+. The lowest BCUT2D eigenvalue weighted by atomic mass is 10.2. The summed E-state index contributed by atoms with van der Waals surface area (Å²) >= 11 is 5.55. The second kappa shape index (κ2) is 9.35. The molecule has 0 atom stereocenters. The van der Waals surface area contributed by atoms with E-state index in [4.69, 9.17) is 12.2 Å². The van der Waals surface area contributed by atoms with Crippen LogP contribution in [0.5, 0.6) is 0 Å². The molecule has 0 radical (unpaired) electrons. The zero-order valence-electron chi connectivity index (χ0n) is 14.5. The van der Waals surface area contributed by atoms with Gasteiger partial charge in [-0.15, -0.1) is 0 Å². The predicted molar refractivity (Wildman–Crippen MR) is 108 cm³/mol. The fourth-order valence-electron chi connectivity index (χ4n) is 3.04. The third-order valence-corrected chi connectivity index (χ3v) is 4.96. The average Bonchev–Trinajstić information content (AvgIpc) is 2.68. The van der Waals surface area contributed by atoms with Gasteiger partial charge >= 0.3 is 0 Å². The van der Waals surface area contributed by atoms with Crippen molar-refractivity contribution in [1.29, 1.82) is 0 Å². The van der Waals surface area contributed by atoms with Crippen molar-refractivity contribution in [3.63, 3.8) is 0 Å². The number of nitrogens with one attached hydrogen (secondary N) is 2. The molecule has 2 aromatic carbocycles. The maximum atomic E-state index is 5.55. The first-order valence-corrected chi connectivity index (χ1v) is 9.34. The molecule has 4 heteroatoms. The maximum Gasteiger partial charge on any atom is 0.169 e. The highest BCUT2D eigenvalue weighted by molar-refractivity contribution is 7.80. The Balaban J connectivity index is 1.38. The van der Waals surface area contributed by atoms with Gasteiger partial charge in [-0.2, -0.15) is 0 Å². The van der Waals surface area contributed by atoms with Crippen LogP contribution in [0.3, 0.4) is 0 Å². The zero-order chi connectivity index (χ0) is 17.3. The second-order valence-corrected chi connectivity index (χ2v) is 6.79. The summed E-state index contributed by atoms with van der Waals surface area (Å²) in [5, 5.41) is 4.26. The largest absolute Gasteiger partial charge is 0.358 e. The van der Waals surface area contributed by atoms with E-state index < -0.39 is 0 Å². The third kappa shape index (κ3) is 5.69. The van der Waals surface area contributed by atoms with Gasteiger partial charge in [0.2, 0.25) is 0 Å². The number of nitrogens with zero attached hydrogens (tertiary/aromatic N) is 1. The lowest BCUT2D eigenvalue weighted by Crippen LogP contribution is -3.14. The van der Waals surface area contributed by atoms with Gasteiger partial charge in [0.15, 0.2) is 5.11 Å². The highest BCUT2D eigenvalue weighted by atomic mass is 32.1. The fourth-order valence-corrected chi connectivity index (χ4v) is 3.30. The first-order valence-electron chi connectivity index (χ1n) is 8.93. The average molecular weight is 353 g/mol. The topological polar surface area (TPSA) is 19.7 Å². The Hall–Kier alpha value is -2.17. The molecule has 3 rings (SSSR count). The summed E-state index contributed by atoms with van der Waals surface area (Å²) in [6, 6.07) is 20.9. The summed E-state index contributed by atoms with van der Waals surface area (Å²) in [5.74, 6) is 0. The van der Waals surface area contributed by atoms with Gasteiger partial charge in [0.05, 0.1) is 32.7 Å². The molecule has 1 aliphatic heterocycles. The quantitative estimate of drug-likeness (QED) is 0.803. The van der Waals surface area contributed by atoms with Crippen molar-refractivity contribution in [2.75, 3.05) is 32.7 Å². The Morgan fingerprint density at radius 3 is 2.32 bits per heavy atom.